The molecule has 4 aromatic rings. The first-order valence-electron chi connectivity index (χ1n) is 9.59. The number of pyridine rings is 4. The molecule has 0 spiro atoms. The zero-order chi connectivity index (χ0) is 19.3. The molecule has 0 radical (unpaired) electrons. The highest BCUT2D eigenvalue weighted by Crippen LogP contribution is 2.15. The molecule has 0 unspecified atom stereocenters. The maximum atomic E-state index is 2.30. The first-order chi connectivity index (χ1) is 13.7. The molecule has 0 N–H and O–H groups in total. The molecule has 4 aromatic heterocycles. The Bertz CT molecular complexity index is 1000. The van der Waals surface area contributed by atoms with Crippen molar-refractivity contribution >= 4 is 0 Å². The zero-order valence-corrected chi connectivity index (χ0v) is 22.6. The average Bonchev–Trinajstić information content (AvgIpc) is 2.75. The second kappa shape index (κ2) is 14.3. The minimum Gasteiger partial charge on any atom is -1.00 e. The number of nitrogens with zero attached hydrogens (tertiary/aromatic N) is 4. The highest BCUT2D eigenvalue weighted by Gasteiger charge is 2.27. The number of aromatic nitrogens is 4. The van der Waals surface area contributed by atoms with E-state index in [2.05, 4.69) is 107 Å². The van der Waals surface area contributed by atoms with Gasteiger partial charge in [-0.25, -0.2) is 9.13 Å². The Morgan fingerprint density at radius 1 is 0.500 bits per heavy atom. The largest absolute Gasteiger partial charge is 1.00 e. The Balaban J connectivity index is 0.000000534. The molecule has 0 saturated carbocycles. The minimum atomic E-state index is 0. The van der Waals surface area contributed by atoms with E-state index in [0.29, 0.717) is 0 Å². The molecule has 170 valence electrons. The summed E-state index contributed by atoms with van der Waals surface area (Å²) in [5.41, 5.74) is 5.12. The normalized spacial score (nSPS) is 10.2. The lowest BCUT2D eigenvalue weighted by Crippen LogP contribution is -3.00. The van der Waals surface area contributed by atoms with Gasteiger partial charge < -0.3 is 58.8 Å². The highest BCUT2D eigenvalue weighted by molar-refractivity contribution is 5.60. The first-order valence-corrected chi connectivity index (χ1v) is 9.59. The van der Waals surface area contributed by atoms with Crippen LogP contribution in [0.3, 0.4) is 0 Å². The van der Waals surface area contributed by atoms with Crippen molar-refractivity contribution in [3.8, 4) is 22.5 Å². The topological polar surface area (TPSA) is 15.5 Å². The minimum absolute atomic E-state index is 0. The summed E-state index contributed by atoms with van der Waals surface area (Å²) < 4.78 is 8.67. The maximum Gasteiger partial charge on any atom is 0.277 e. The molecule has 0 atom stereocenters. The third-order valence-electron chi connectivity index (χ3n) is 5.02. The van der Waals surface area contributed by atoms with Crippen LogP contribution in [0.4, 0.5) is 0 Å². The van der Waals surface area contributed by atoms with Crippen LogP contribution in [0, 0.1) is 0 Å². The smallest absolute Gasteiger partial charge is 0.277 e. The van der Waals surface area contributed by atoms with Gasteiger partial charge in [0.25, 0.3) is 11.4 Å². The molecule has 0 saturated heterocycles. The number of fused-ring (bicyclic) bond motifs is 3. The molecule has 5 rings (SSSR count). The summed E-state index contributed by atoms with van der Waals surface area (Å²) in [4.78, 5) is 0. The summed E-state index contributed by atoms with van der Waals surface area (Å²) in [6, 6.07) is 21.2. The summed E-state index contributed by atoms with van der Waals surface area (Å²) in [6.45, 7) is 2.13. The lowest BCUT2D eigenvalue weighted by Gasteiger charge is -2.08. The van der Waals surface area contributed by atoms with E-state index >= 15 is 0 Å². The van der Waals surface area contributed by atoms with Crippen molar-refractivity contribution in [1.29, 1.82) is 0 Å². The van der Waals surface area contributed by atoms with Gasteiger partial charge in [0.05, 0.1) is 0 Å². The summed E-state index contributed by atoms with van der Waals surface area (Å²) in [5, 5.41) is 0. The summed E-state index contributed by atoms with van der Waals surface area (Å²) in [7, 11) is 4.05. The monoisotopic (exact) mass is 598 g/mol. The van der Waals surface area contributed by atoms with Crippen molar-refractivity contribution in [3.05, 3.63) is 97.8 Å². The molecular formula is C24H26Br2Cl2N4. The number of halogens is 4. The van der Waals surface area contributed by atoms with E-state index in [9.17, 15) is 0 Å². The Morgan fingerprint density at radius 3 is 1.19 bits per heavy atom. The Kier molecular flexibility index (Phi) is 13.5. The molecule has 8 heteroatoms. The molecule has 4 nitrogen and oxygen atoms in total. The van der Waals surface area contributed by atoms with Crippen molar-refractivity contribution in [2.45, 2.75) is 13.1 Å². The van der Waals surface area contributed by atoms with Gasteiger partial charge in [-0.1, -0.05) is 0 Å². The predicted molar refractivity (Wildman–Crippen MR) is 106 cm³/mol. The van der Waals surface area contributed by atoms with Crippen LogP contribution in [-0.2, 0) is 27.2 Å². The molecule has 5 heterocycles. The number of rotatable bonds is 1. The van der Waals surface area contributed by atoms with Crippen LogP contribution in [0.15, 0.2) is 97.8 Å². The van der Waals surface area contributed by atoms with Crippen LogP contribution in [0.1, 0.15) is 0 Å². The fraction of sp³-hybridized carbons (Fsp3) is 0.167. The maximum absolute atomic E-state index is 2.30. The van der Waals surface area contributed by atoms with Crippen LogP contribution in [0.25, 0.3) is 22.5 Å². The third kappa shape index (κ3) is 7.34. The third-order valence-corrected chi connectivity index (χ3v) is 5.02. The predicted octanol–water partition coefficient (Wildman–Crippen LogP) is -10.0. The Morgan fingerprint density at radius 2 is 0.844 bits per heavy atom. The Hall–Kier alpha value is -1.86. The number of hydrogen-bond acceptors (Lipinski definition) is 0. The van der Waals surface area contributed by atoms with Gasteiger partial charge in [-0.2, -0.15) is 9.13 Å². The van der Waals surface area contributed by atoms with Crippen LogP contribution in [-0.4, -0.2) is 0 Å². The first kappa shape index (κ1) is 30.1. The SMILES string of the molecule is C[n+]1ccc(-c2cc[n+](C)cc2)cc1.[Br-].[Br-].[Cl-].[Cl-].c1cc[n+]2c(c1)-c1cccc[n+]1CC2. The summed E-state index contributed by atoms with van der Waals surface area (Å²) in [5.74, 6) is 0. The van der Waals surface area contributed by atoms with Crippen LogP contribution < -0.4 is 77.0 Å². The molecule has 0 amide bonds. The van der Waals surface area contributed by atoms with Gasteiger partial charge in [0.15, 0.2) is 37.2 Å². The fourth-order valence-electron chi connectivity index (χ4n) is 3.41. The van der Waals surface area contributed by atoms with E-state index < -0.39 is 0 Å². The second-order valence-electron chi connectivity index (χ2n) is 7.06. The van der Waals surface area contributed by atoms with E-state index in [1.807, 2.05) is 23.2 Å². The summed E-state index contributed by atoms with van der Waals surface area (Å²) >= 11 is 0. The zero-order valence-electron chi connectivity index (χ0n) is 18.0. The van der Waals surface area contributed by atoms with E-state index in [0.717, 1.165) is 13.1 Å². The molecule has 1 aliphatic rings. The van der Waals surface area contributed by atoms with Gasteiger partial charge in [-0.05, 0) is 23.3 Å². The molecule has 1 aliphatic heterocycles. The van der Waals surface area contributed by atoms with Crippen molar-refractivity contribution in [2.75, 3.05) is 0 Å². The quantitative estimate of drug-likeness (QED) is 0.193. The van der Waals surface area contributed by atoms with E-state index in [1.165, 1.54) is 22.5 Å². The van der Waals surface area contributed by atoms with Crippen molar-refractivity contribution in [1.82, 2.24) is 0 Å². The van der Waals surface area contributed by atoms with Gasteiger partial charge in [0.2, 0.25) is 13.1 Å². The molecule has 32 heavy (non-hydrogen) atoms. The van der Waals surface area contributed by atoms with E-state index in [-0.39, 0.29) is 58.8 Å². The molecule has 0 aliphatic carbocycles. The molecular weight excluding hydrogens is 575 g/mol. The van der Waals surface area contributed by atoms with E-state index in [1.54, 1.807) is 0 Å². The van der Waals surface area contributed by atoms with Gasteiger partial charge in [0, 0.05) is 48.5 Å². The van der Waals surface area contributed by atoms with Gasteiger partial charge in [-0.15, -0.1) is 0 Å². The lowest BCUT2D eigenvalue weighted by atomic mass is 10.1. The van der Waals surface area contributed by atoms with Crippen molar-refractivity contribution < 1.29 is 77.0 Å². The Labute approximate surface area is 223 Å². The molecule has 0 fully saturated rings. The van der Waals surface area contributed by atoms with Crippen LogP contribution >= 0.6 is 0 Å². The van der Waals surface area contributed by atoms with Crippen molar-refractivity contribution in [3.63, 3.8) is 0 Å². The number of aryl methyl sites for hydroxylation is 4. The fourth-order valence-corrected chi connectivity index (χ4v) is 3.41. The lowest BCUT2D eigenvalue weighted by molar-refractivity contribution is -0.794. The molecule has 0 aromatic carbocycles. The second-order valence-corrected chi connectivity index (χ2v) is 7.06. The standard InChI is InChI=1S/C12H12N2.C12H14N2.2BrH.2ClH/c1-3-7-13-9-10-14-8-4-2-6-12(14)11(13)5-1;1-13-7-3-11(4-8-13)12-5-9-14(2)10-6-12;;;;/h1-8H,9-10H2;3-10H,1-2H3;4*1H/q2*+2;;;;/p-4. The van der Waals surface area contributed by atoms with Gasteiger partial charge in [-0.3, -0.25) is 0 Å². The van der Waals surface area contributed by atoms with Crippen molar-refractivity contribution in [2.24, 2.45) is 14.1 Å². The van der Waals surface area contributed by atoms with Gasteiger partial charge in [0.1, 0.15) is 14.1 Å². The summed E-state index contributed by atoms with van der Waals surface area (Å²) in [6.07, 6.45) is 12.5. The highest BCUT2D eigenvalue weighted by atomic mass is 79.9. The molecule has 0 bridgehead atoms. The van der Waals surface area contributed by atoms with Crippen LogP contribution in [0.2, 0.25) is 0 Å². The van der Waals surface area contributed by atoms with Gasteiger partial charge >= 0.3 is 0 Å². The average molecular weight is 601 g/mol. The van der Waals surface area contributed by atoms with E-state index in [4.69, 9.17) is 0 Å². The van der Waals surface area contributed by atoms with Crippen LogP contribution in [0.5, 0.6) is 0 Å². The number of hydrogen-bond donors (Lipinski definition) is 0.